The summed E-state index contributed by atoms with van der Waals surface area (Å²) in [6, 6.07) is 14.3. The van der Waals surface area contributed by atoms with Crippen molar-refractivity contribution in [2.24, 2.45) is 7.05 Å². The fourth-order valence-electron chi connectivity index (χ4n) is 3.40. The molecule has 1 aromatic heterocycles. The van der Waals surface area contributed by atoms with Crippen LogP contribution in [0, 0.1) is 0 Å². The number of halogens is 1. The summed E-state index contributed by atoms with van der Waals surface area (Å²) < 4.78 is 1.50. The molecule has 162 valence electrons. The van der Waals surface area contributed by atoms with Crippen LogP contribution in [-0.2, 0) is 11.8 Å². The van der Waals surface area contributed by atoms with Gasteiger partial charge in [0.2, 0.25) is 5.91 Å². The van der Waals surface area contributed by atoms with E-state index in [9.17, 15) is 9.59 Å². The van der Waals surface area contributed by atoms with Gasteiger partial charge in [0.25, 0.3) is 5.56 Å². The van der Waals surface area contributed by atoms with Gasteiger partial charge in [-0.05, 0) is 50.9 Å². The maximum Gasteiger partial charge on any atom is 0.261 e. The topological polar surface area (TPSA) is 58.4 Å². The highest BCUT2D eigenvalue weighted by atomic mass is 35.5. The van der Waals surface area contributed by atoms with E-state index in [4.69, 9.17) is 16.6 Å². The number of aromatic nitrogens is 2. The van der Waals surface area contributed by atoms with Crippen molar-refractivity contribution in [3.8, 4) is 0 Å². The van der Waals surface area contributed by atoms with Gasteiger partial charge in [-0.25, -0.2) is 4.98 Å². The third-order valence-corrected chi connectivity index (χ3v) is 5.44. The summed E-state index contributed by atoms with van der Waals surface area (Å²) in [5.74, 6) is 0.392. The predicted molar refractivity (Wildman–Crippen MR) is 126 cm³/mol. The van der Waals surface area contributed by atoms with Crippen LogP contribution in [0.2, 0.25) is 5.02 Å². The van der Waals surface area contributed by atoms with E-state index in [0.29, 0.717) is 34.8 Å². The molecule has 1 unspecified atom stereocenters. The standard InChI is InChI=1S/C24H27ClN4O2/c1-17(23-26-21-12-11-19(25)16-20(21)24(31)28(23)4)29(15-14-27(2)3)22(30)13-10-18-8-6-5-7-9-18/h5-13,16-17H,14-15H2,1-4H3/b13-10+. The quantitative estimate of drug-likeness (QED) is 0.527. The predicted octanol–water partition coefficient (Wildman–Crippen LogP) is 3.75. The van der Waals surface area contributed by atoms with Crippen LogP contribution >= 0.6 is 11.6 Å². The first-order valence-electron chi connectivity index (χ1n) is 10.1. The Morgan fingerprint density at radius 2 is 1.87 bits per heavy atom. The van der Waals surface area contributed by atoms with Crippen molar-refractivity contribution in [2.45, 2.75) is 13.0 Å². The van der Waals surface area contributed by atoms with Gasteiger partial charge in [0.1, 0.15) is 5.82 Å². The lowest BCUT2D eigenvalue weighted by molar-refractivity contribution is -0.128. The van der Waals surface area contributed by atoms with Crippen molar-refractivity contribution in [3.05, 3.63) is 81.4 Å². The van der Waals surface area contributed by atoms with Gasteiger partial charge >= 0.3 is 0 Å². The Bertz CT molecular complexity index is 1160. The Morgan fingerprint density at radius 1 is 1.16 bits per heavy atom. The zero-order valence-corrected chi connectivity index (χ0v) is 19.0. The molecular formula is C24H27ClN4O2. The van der Waals surface area contributed by atoms with E-state index >= 15 is 0 Å². The molecule has 0 N–H and O–H groups in total. The molecule has 0 bridgehead atoms. The molecule has 1 atom stereocenters. The Kier molecular flexibility index (Phi) is 7.25. The Labute approximate surface area is 187 Å². The zero-order chi connectivity index (χ0) is 22.5. The van der Waals surface area contributed by atoms with E-state index in [1.807, 2.05) is 56.3 Å². The van der Waals surface area contributed by atoms with Crippen molar-refractivity contribution in [2.75, 3.05) is 27.2 Å². The van der Waals surface area contributed by atoms with Gasteiger partial charge in [-0.3, -0.25) is 14.2 Å². The Morgan fingerprint density at radius 3 is 2.55 bits per heavy atom. The Balaban J connectivity index is 1.98. The van der Waals surface area contributed by atoms with Crippen molar-refractivity contribution in [3.63, 3.8) is 0 Å². The van der Waals surface area contributed by atoms with E-state index in [-0.39, 0.29) is 11.5 Å². The first kappa shape index (κ1) is 22.7. The van der Waals surface area contributed by atoms with Crippen LogP contribution in [0.1, 0.15) is 24.4 Å². The fraction of sp³-hybridized carbons (Fsp3) is 0.292. The third-order valence-electron chi connectivity index (χ3n) is 5.20. The van der Waals surface area contributed by atoms with Crippen LogP contribution in [0.3, 0.4) is 0 Å². The second-order valence-corrected chi connectivity index (χ2v) is 8.19. The number of rotatable bonds is 7. The monoisotopic (exact) mass is 438 g/mol. The first-order chi connectivity index (χ1) is 14.8. The van der Waals surface area contributed by atoms with Crippen LogP contribution in [0.15, 0.2) is 59.4 Å². The molecular weight excluding hydrogens is 412 g/mol. The molecule has 0 radical (unpaired) electrons. The lowest BCUT2D eigenvalue weighted by Gasteiger charge is -2.30. The maximum absolute atomic E-state index is 13.1. The number of carbonyl (C=O) groups excluding carboxylic acids is 1. The number of hydrogen-bond acceptors (Lipinski definition) is 4. The molecule has 1 amide bonds. The van der Waals surface area contributed by atoms with Gasteiger partial charge in [0.15, 0.2) is 0 Å². The highest BCUT2D eigenvalue weighted by Gasteiger charge is 2.24. The maximum atomic E-state index is 13.1. The summed E-state index contributed by atoms with van der Waals surface area (Å²) in [5, 5.41) is 0.946. The van der Waals surface area contributed by atoms with E-state index in [1.54, 1.807) is 42.3 Å². The number of fused-ring (bicyclic) bond motifs is 1. The van der Waals surface area contributed by atoms with Crippen molar-refractivity contribution in [1.82, 2.24) is 19.4 Å². The van der Waals surface area contributed by atoms with Gasteiger partial charge in [-0.15, -0.1) is 0 Å². The molecule has 0 aliphatic carbocycles. The number of nitrogens with zero attached hydrogens (tertiary/aromatic N) is 4. The van der Waals surface area contributed by atoms with Gasteiger partial charge in [0.05, 0.1) is 16.9 Å². The molecule has 0 aliphatic heterocycles. The van der Waals surface area contributed by atoms with Gasteiger partial charge in [0, 0.05) is 31.2 Å². The van der Waals surface area contributed by atoms with Crippen molar-refractivity contribution >= 4 is 34.5 Å². The SMILES string of the molecule is CC(c1nc2ccc(Cl)cc2c(=O)n1C)N(CCN(C)C)C(=O)/C=C/c1ccccc1. The number of carbonyl (C=O) groups is 1. The lowest BCUT2D eigenvalue weighted by Crippen LogP contribution is -2.40. The summed E-state index contributed by atoms with van der Waals surface area (Å²) in [7, 11) is 5.59. The highest BCUT2D eigenvalue weighted by molar-refractivity contribution is 6.31. The number of likely N-dealkylation sites (N-methyl/N-ethyl adjacent to an activating group) is 1. The molecule has 3 aromatic rings. The third kappa shape index (κ3) is 5.40. The molecule has 2 aromatic carbocycles. The van der Waals surface area contributed by atoms with E-state index in [2.05, 4.69) is 0 Å². The van der Waals surface area contributed by atoms with Gasteiger partial charge in [-0.2, -0.15) is 0 Å². The molecule has 6 nitrogen and oxygen atoms in total. The minimum absolute atomic E-state index is 0.136. The fourth-order valence-corrected chi connectivity index (χ4v) is 3.58. The van der Waals surface area contributed by atoms with Gasteiger partial charge < -0.3 is 9.80 Å². The normalized spacial score (nSPS) is 12.6. The number of benzene rings is 2. The summed E-state index contributed by atoms with van der Waals surface area (Å²) in [5.41, 5.74) is 1.33. The molecule has 3 rings (SSSR count). The van der Waals surface area contributed by atoms with Crippen molar-refractivity contribution in [1.29, 1.82) is 0 Å². The smallest absolute Gasteiger partial charge is 0.261 e. The van der Waals surface area contributed by atoms with E-state index in [1.165, 1.54) is 4.57 Å². The highest BCUT2D eigenvalue weighted by Crippen LogP contribution is 2.21. The summed E-state index contributed by atoms with van der Waals surface area (Å²) in [6.07, 6.45) is 3.37. The molecule has 7 heteroatoms. The molecule has 0 spiro atoms. The van der Waals surface area contributed by atoms with E-state index in [0.717, 1.165) is 5.56 Å². The summed E-state index contributed by atoms with van der Waals surface area (Å²) in [4.78, 5) is 34.5. The molecule has 31 heavy (non-hydrogen) atoms. The van der Waals surface area contributed by atoms with Crippen LogP contribution < -0.4 is 5.56 Å². The lowest BCUT2D eigenvalue weighted by atomic mass is 10.1. The van der Waals surface area contributed by atoms with Gasteiger partial charge in [-0.1, -0.05) is 41.9 Å². The molecule has 0 saturated carbocycles. The Hall–Kier alpha value is -2.96. The molecule has 0 aliphatic rings. The minimum atomic E-state index is -0.398. The molecule has 0 fully saturated rings. The number of amides is 1. The average molecular weight is 439 g/mol. The van der Waals surface area contributed by atoms with Crippen molar-refractivity contribution < 1.29 is 4.79 Å². The van der Waals surface area contributed by atoms with E-state index < -0.39 is 6.04 Å². The first-order valence-corrected chi connectivity index (χ1v) is 10.5. The second kappa shape index (κ2) is 9.90. The average Bonchev–Trinajstić information content (AvgIpc) is 2.75. The minimum Gasteiger partial charge on any atom is -0.328 e. The second-order valence-electron chi connectivity index (χ2n) is 7.75. The summed E-state index contributed by atoms with van der Waals surface area (Å²) >= 11 is 6.05. The van der Waals surface area contributed by atoms with Crippen LogP contribution in [-0.4, -0.2) is 52.4 Å². The molecule has 1 heterocycles. The number of hydrogen-bond donors (Lipinski definition) is 0. The summed E-state index contributed by atoms with van der Waals surface area (Å²) in [6.45, 7) is 3.08. The van der Waals surface area contributed by atoms with Crippen LogP contribution in [0.4, 0.5) is 0 Å². The van der Waals surface area contributed by atoms with Crippen LogP contribution in [0.5, 0.6) is 0 Å². The molecule has 0 saturated heterocycles. The zero-order valence-electron chi connectivity index (χ0n) is 18.2. The largest absolute Gasteiger partial charge is 0.328 e. The van der Waals surface area contributed by atoms with Crippen LogP contribution in [0.25, 0.3) is 17.0 Å².